The maximum atomic E-state index is 12.6. The summed E-state index contributed by atoms with van der Waals surface area (Å²) in [5.74, 6) is 1.69. The van der Waals surface area contributed by atoms with E-state index in [1.165, 1.54) is 12.8 Å². The molecular formula is C28H34N2O5. The smallest absolute Gasteiger partial charge is 0.197 e. The van der Waals surface area contributed by atoms with Gasteiger partial charge in [-0.05, 0) is 88.3 Å². The minimum absolute atomic E-state index is 0.0203. The average Bonchev–Trinajstić information content (AvgIpc) is 3.54. The van der Waals surface area contributed by atoms with Crippen LogP contribution in [0.1, 0.15) is 73.2 Å². The molecule has 4 aliphatic carbocycles. The average molecular weight is 479 g/mol. The monoisotopic (exact) mass is 478 g/mol. The Hall–Kier alpha value is -2.38. The molecule has 2 bridgehead atoms. The summed E-state index contributed by atoms with van der Waals surface area (Å²) >= 11 is 0. The van der Waals surface area contributed by atoms with Gasteiger partial charge in [0.2, 0.25) is 0 Å². The highest BCUT2D eigenvalue weighted by molar-refractivity contribution is 5.63. The van der Waals surface area contributed by atoms with E-state index in [1.807, 2.05) is 6.07 Å². The first-order valence-electron chi connectivity index (χ1n) is 13.6. The normalized spacial score (nSPS) is 37.0. The number of likely N-dealkylation sites (tertiary alicyclic amines) is 1. The van der Waals surface area contributed by atoms with Gasteiger partial charge >= 0.3 is 0 Å². The molecule has 1 aromatic carbocycles. The molecule has 186 valence electrons. The van der Waals surface area contributed by atoms with Crippen LogP contribution in [-0.2, 0) is 24.7 Å². The fourth-order valence-electron chi connectivity index (χ4n) is 8.82. The molecule has 7 nitrogen and oxygen atoms in total. The number of aromatic nitrogens is 1. The number of aliphatic hydroxyl groups is 1. The molecule has 8 rings (SSSR count). The zero-order valence-electron chi connectivity index (χ0n) is 20.0. The van der Waals surface area contributed by atoms with E-state index >= 15 is 0 Å². The fourth-order valence-corrected chi connectivity index (χ4v) is 8.82. The molecule has 3 fully saturated rings. The van der Waals surface area contributed by atoms with E-state index in [2.05, 4.69) is 4.90 Å². The second kappa shape index (κ2) is 6.68. The summed E-state index contributed by atoms with van der Waals surface area (Å²) in [5, 5.41) is 46.1. The summed E-state index contributed by atoms with van der Waals surface area (Å²) in [5.41, 5.74) is 2.25. The number of phenolic OH excluding ortho intramolecular Hbond substituents is 1. The lowest BCUT2D eigenvalue weighted by molar-refractivity contribution is -0.196. The highest BCUT2D eigenvalue weighted by Crippen LogP contribution is 2.67. The van der Waals surface area contributed by atoms with Gasteiger partial charge in [-0.1, -0.05) is 6.07 Å². The Kier molecular flexibility index (Phi) is 3.97. The predicted octanol–water partition coefficient (Wildman–Crippen LogP) is 3.29. The van der Waals surface area contributed by atoms with Crippen molar-refractivity contribution in [2.75, 3.05) is 13.1 Å². The van der Waals surface area contributed by atoms with Crippen molar-refractivity contribution < 1.29 is 25.2 Å². The van der Waals surface area contributed by atoms with Gasteiger partial charge in [0.1, 0.15) is 6.10 Å². The van der Waals surface area contributed by atoms with Crippen molar-refractivity contribution in [2.45, 2.75) is 93.4 Å². The van der Waals surface area contributed by atoms with E-state index in [9.17, 15) is 20.4 Å². The lowest BCUT2D eigenvalue weighted by Gasteiger charge is -2.64. The molecule has 7 heteroatoms. The van der Waals surface area contributed by atoms with Gasteiger partial charge in [-0.3, -0.25) is 9.47 Å². The van der Waals surface area contributed by atoms with Crippen LogP contribution in [0.5, 0.6) is 23.3 Å². The summed E-state index contributed by atoms with van der Waals surface area (Å²) in [6, 6.07) is 3.45. The van der Waals surface area contributed by atoms with Gasteiger partial charge in [-0.25, -0.2) is 0 Å². The predicted molar refractivity (Wildman–Crippen MR) is 128 cm³/mol. The Bertz CT molecular complexity index is 1220. The molecule has 0 unspecified atom stereocenters. The van der Waals surface area contributed by atoms with E-state index < -0.39 is 17.1 Å². The quantitative estimate of drug-likeness (QED) is 0.541. The van der Waals surface area contributed by atoms with Crippen LogP contribution in [-0.4, -0.2) is 60.7 Å². The number of benzene rings is 1. The van der Waals surface area contributed by atoms with E-state index in [1.54, 1.807) is 10.6 Å². The maximum Gasteiger partial charge on any atom is 0.197 e. The summed E-state index contributed by atoms with van der Waals surface area (Å²) in [4.78, 5) is 2.53. The van der Waals surface area contributed by atoms with Crippen molar-refractivity contribution in [3.05, 3.63) is 34.4 Å². The van der Waals surface area contributed by atoms with Gasteiger partial charge in [0.05, 0.1) is 17.1 Å². The van der Waals surface area contributed by atoms with Crippen LogP contribution in [0.15, 0.2) is 12.1 Å². The van der Waals surface area contributed by atoms with Crippen molar-refractivity contribution in [2.24, 2.45) is 5.92 Å². The molecule has 1 aromatic heterocycles. The minimum atomic E-state index is -0.967. The van der Waals surface area contributed by atoms with Crippen LogP contribution in [0.4, 0.5) is 0 Å². The van der Waals surface area contributed by atoms with Crippen LogP contribution in [0.2, 0.25) is 0 Å². The third-order valence-corrected chi connectivity index (χ3v) is 10.5. The highest BCUT2D eigenvalue weighted by Gasteiger charge is 2.73. The zero-order chi connectivity index (χ0) is 23.7. The molecule has 4 N–H and O–H groups in total. The maximum absolute atomic E-state index is 12.6. The first-order chi connectivity index (χ1) is 16.9. The standard InChI is InChI=1S/C28H34N2O5/c31-20-8-7-16-13-21-28(34)10-9-19(30-25(32)17-3-1-2-4-18(17)26(30)33)24-27(28,22(16)23(20)35-24)11-12-29(21)14-15-5-6-15/h7-8,15,19,21,24,31-34H,1-6,9-14H2/t19-,21-,24+,27+,28-/m1/s1. The number of aromatic hydroxyl groups is 3. The molecule has 3 heterocycles. The Morgan fingerprint density at radius 1 is 0.971 bits per heavy atom. The summed E-state index contributed by atoms with van der Waals surface area (Å²) < 4.78 is 8.35. The number of rotatable bonds is 3. The SMILES string of the molecule is Oc1ccc2c3c1O[C@H]1[C@H](n4c(O)c5c(c4O)CCCC5)CC[C@@]4(O)[C@@H](C2)N(CC2CC2)CC[C@]314. The van der Waals surface area contributed by atoms with Gasteiger partial charge in [-0.2, -0.15) is 0 Å². The molecule has 2 aliphatic heterocycles. The van der Waals surface area contributed by atoms with E-state index in [4.69, 9.17) is 4.74 Å². The molecule has 1 spiro atoms. The third-order valence-electron chi connectivity index (χ3n) is 10.5. The molecule has 2 aromatic rings. The second-order valence-corrected chi connectivity index (χ2v) is 12.1. The van der Waals surface area contributed by atoms with Gasteiger partial charge in [0.15, 0.2) is 23.3 Å². The van der Waals surface area contributed by atoms with Crippen LogP contribution in [0.3, 0.4) is 0 Å². The van der Waals surface area contributed by atoms with Gasteiger partial charge in [0, 0.05) is 29.3 Å². The van der Waals surface area contributed by atoms with Crippen LogP contribution in [0, 0.1) is 5.92 Å². The molecular weight excluding hydrogens is 444 g/mol. The highest BCUT2D eigenvalue weighted by atomic mass is 16.5. The number of hydrogen-bond donors (Lipinski definition) is 4. The topological polar surface area (TPSA) is 98.3 Å². The Morgan fingerprint density at radius 3 is 2.43 bits per heavy atom. The number of hydrogen-bond acceptors (Lipinski definition) is 6. The van der Waals surface area contributed by atoms with Crippen molar-refractivity contribution in [1.82, 2.24) is 9.47 Å². The van der Waals surface area contributed by atoms with Crippen molar-refractivity contribution in [1.29, 1.82) is 0 Å². The van der Waals surface area contributed by atoms with Crippen LogP contribution in [0.25, 0.3) is 0 Å². The van der Waals surface area contributed by atoms with E-state index in [-0.39, 0.29) is 29.6 Å². The lowest BCUT2D eigenvalue weighted by atomic mass is 9.48. The number of nitrogens with zero attached hydrogens (tertiary/aromatic N) is 2. The summed E-state index contributed by atoms with van der Waals surface area (Å²) in [6.45, 7) is 1.94. The summed E-state index contributed by atoms with van der Waals surface area (Å²) in [7, 11) is 0. The second-order valence-electron chi connectivity index (χ2n) is 12.1. The minimum Gasteiger partial charge on any atom is -0.504 e. The molecule has 0 amide bonds. The Morgan fingerprint density at radius 2 is 1.71 bits per heavy atom. The number of ether oxygens (including phenoxy) is 1. The Balaban J connectivity index is 1.31. The largest absolute Gasteiger partial charge is 0.504 e. The van der Waals surface area contributed by atoms with Crippen molar-refractivity contribution >= 4 is 0 Å². The lowest BCUT2D eigenvalue weighted by Crippen LogP contribution is -2.76. The molecule has 0 radical (unpaired) electrons. The van der Waals surface area contributed by atoms with Gasteiger partial charge < -0.3 is 25.2 Å². The molecule has 6 aliphatic rings. The summed E-state index contributed by atoms with van der Waals surface area (Å²) in [6.07, 6.45) is 8.39. The number of piperidine rings is 1. The zero-order valence-corrected chi connectivity index (χ0v) is 20.0. The van der Waals surface area contributed by atoms with E-state index in [0.717, 1.165) is 79.8 Å². The Labute approximate surface area is 204 Å². The number of phenols is 1. The fraction of sp³-hybridized carbons (Fsp3) is 0.643. The number of fused-ring (bicyclic) bond motifs is 1. The van der Waals surface area contributed by atoms with E-state index in [0.29, 0.717) is 18.6 Å². The molecule has 1 saturated heterocycles. The molecule has 35 heavy (non-hydrogen) atoms. The van der Waals surface area contributed by atoms with Crippen LogP contribution >= 0.6 is 0 Å². The third kappa shape index (κ3) is 2.40. The van der Waals surface area contributed by atoms with Crippen molar-refractivity contribution in [3.8, 4) is 23.3 Å². The first-order valence-corrected chi connectivity index (χ1v) is 13.6. The van der Waals surface area contributed by atoms with Gasteiger partial charge in [-0.15, -0.1) is 0 Å². The van der Waals surface area contributed by atoms with Gasteiger partial charge in [0.25, 0.3) is 0 Å². The first kappa shape index (κ1) is 20.8. The molecule has 2 saturated carbocycles. The molecule has 5 atom stereocenters. The van der Waals surface area contributed by atoms with Crippen molar-refractivity contribution in [3.63, 3.8) is 0 Å². The van der Waals surface area contributed by atoms with Crippen LogP contribution < -0.4 is 4.74 Å².